The Morgan fingerprint density at radius 2 is 2.00 bits per heavy atom. The molecule has 0 aliphatic heterocycles. The third kappa shape index (κ3) is 6.15. The Kier molecular flexibility index (Phi) is 7.44. The van der Waals surface area contributed by atoms with Crippen molar-refractivity contribution in [1.82, 2.24) is 0 Å². The lowest BCUT2D eigenvalue weighted by Crippen LogP contribution is -2.21. The van der Waals surface area contributed by atoms with Crippen LogP contribution in [0.15, 0.2) is 47.4 Å². The number of anilines is 1. The van der Waals surface area contributed by atoms with E-state index in [-0.39, 0.29) is 11.4 Å². The number of hydrogen-bond acceptors (Lipinski definition) is 7. The van der Waals surface area contributed by atoms with E-state index in [9.17, 15) is 19.7 Å². The number of hydrogen-bond donors (Lipinski definition) is 1. The maximum absolute atomic E-state index is 11.8. The van der Waals surface area contributed by atoms with Gasteiger partial charge in [-0.2, -0.15) is 0 Å². The number of ether oxygens (including phenoxy) is 2. The first-order valence-electron chi connectivity index (χ1n) is 7.56. The molecule has 0 unspecified atom stereocenters. The van der Waals surface area contributed by atoms with Crippen molar-refractivity contribution in [3.8, 4) is 5.75 Å². The highest BCUT2D eigenvalue weighted by Crippen LogP contribution is 2.29. The van der Waals surface area contributed by atoms with Crippen LogP contribution in [0.4, 0.5) is 11.4 Å². The summed E-state index contributed by atoms with van der Waals surface area (Å²) in [5.41, 5.74) is 0.334. The largest absolute Gasteiger partial charge is 0.495 e. The van der Waals surface area contributed by atoms with Crippen molar-refractivity contribution in [1.29, 1.82) is 0 Å². The first-order chi connectivity index (χ1) is 12.9. The van der Waals surface area contributed by atoms with Crippen LogP contribution in [0, 0.1) is 10.1 Å². The van der Waals surface area contributed by atoms with Crippen molar-refractivity contribution in [2.75, 3.05) is 24.8 Å². The zero-order valence-electron chi connectivity index (χ0n) is 14.1. The molecule has 0 aliphatic carbocycles. The van der Waals surface area contributed by atoms with Gasteiger partial charge in [0.25, 0.3) is 11.6 Å². The van der Waals surface area contributed by atoms with Crippen molar-refractivity contribution >= 4 is 46.6 Å². The third-order valence-corrected chi connectivity index (χ3v) is 4.54. The lowest BCUT2D eigenvalue weighted by Gasteiger charge is -2.08. The van der Waals surface area contributed by atoms with Crippen LogP contribution in [0.1, 0.15) is 0 Å². The normalized spacial score (nSPS) is 10.1. The van der Waals surface area contributed by atoms with Crippen molar-refractivity contribution < 1.29 is 24.0 Å². The van der Waals surface area contributed by atoms with E-state index in [1.54, 1.807) is 18.2 Å². The standard InChI is InChI=1S/C17H15ClN2O6S/c1-25-14-7-6-11(8-12(14)18)19-16(21)9-26-17(22)10-27-15-5-3-2-4-13(15)20(23)24/h2-8H,9-10H2,1H3,(H,19,21). The Hall–Kier alpha value is -2.78. The van der Waals surface area contributed by atoms with Gasteiger partial charge in [-0.1, -0.05) is 23.7 Å². The summed E-state index contributed by atoms with van der Waals surface area (Å²) < 4.78 is 9.89. The molecule has 0 aromatic heterocycles. The number of carbonyl (C=O) groups excluding carboxylic acids is 2. The van der Waals surface area contributed by atoms with Crippen LogP contribution in [0.3, 0.4) is 0 Å². The van der Waals surface area contributed by atoms with Gasteiger partial charge in [-0.25, -0.2) is 0 Å². The van der Waals surface area contributed by atoms with Gasteiger partial charge in [-0.05, 0) is 24.3 Å². The van der Waals surface area contributed by atoms with Crippen LogP contribution in [0.25, 0.3) is 0 Å². The highest BCUT2D eigenvalue weighted by Gasteiger charge is 2.15. The van der Waals surface area contributed by atoms with E-state index in [4.69, 9.17) is 21.1 Å². The SMILES string of the molecule is COc1ccc(NC(=O)COC(=O)CSc2ccccc2[N+](=O)[O-])cc1Cl. The van der Waals surface area contributed by atoms with Gasteiger partial charge >= 0.3 is 5.97 Å². The minimum atomic E-state index is -0.666. The Bertz CT molecular complexity index is 861. The van der Waals surface area contributed by atoms with Crippen molar-refractivity contribution in [2.24, 2.45) is 0 Å². The Labute approximate surface area is 163 Å². The van der Waals surface area contributed by atoms with Gasteiger partial charge in [0.2, 0.25) is 0 Å². The number of benzene rings is 2. The fourth-order valence-corrected chi connectivity index (χ4v) is 3.08. The van der Waals surface area contributed by atoms with Gasteiger partial charge in [0.1, 0.15) is 5.75 Å². The Morgan fingerprint density at radius 1 is 1.26 bits per heavy atom. The molecule has 2 aromatic carbocycles. The number of nitro groups is 1. The van der Waals surface area contributed by atoms with E-state index in [0.717, 1.165) is 11.8 Å². The Balaban J connectivity index is 1.81. The van der Waals surface area contributed by atoms with E-state index < -0.39 is 23.4 Å². The molecule has 0 heterocycles. The second kappa shape index (κ2) is 9.79. The highest BCUT2D eigenvalue weighted by atomic mass is 35.5. The fraction of sp³-hybridized carbons (Fsp3) is 0.176. The second-order valence-electron chi connectivity index (χ2n) is 5.07. The minimum absolute atomic E-state index is 0.0931. The number of rotatable bonds is 8. The summed E-state index contributed by atoms with van der Waals surface area (Å²) in [7, 11) is 1.47. The number of nitrogens with zero attached hydrogens (tertiary/aromatic N) is 1. The number of carbonyl (C=O) groups is 2. The topological polar surface area (TPSA) is 108 Å². The van der Waals surface area contributed by atoms with E-state index in [1.807, 2.05) is 0 Å². The number of para-hydroxylation sites is 1. The van der Waals surface area contributed by atoms with Gasteiger partial charge in [-0.15, -0.1) is 11.8 Å². The molecule has 10 heteroatoms. The molecule has 8 nitrogen and oxygen atoms in total. The molecule has 142 valence electrons. The molecule has 2 rings (SSSR count). The summed E-state index contributed by atoms with van der Waals surface area (Å²) in [5, 5.41) is 13.8. The predicted octanol–water partition coefficient (Wildman–Crippen LogP) is 3.53. The summed E-state index contributed by atoms with van der Waals surface area (Å²) >= 11 is 6.93. The quantitative estimate of drug-likeness (QED) is 0.307. The minimum Gasteiger partial charge on any atom is -0.495 e. The van der Waals surface area contributed by atoms with Crippen LogP contribution < -0.4 is 10.1 Å². The smallest absolute Gasteiger partial charge is 0.316 e. The second-order valence-corrected chi connectivity index (χ2v) is 6.50. The van der Waals surface area contributed by atoms with E-state index >= 15 is 0 Å². The van der Waals surface area contributed by atoms with Crippen LogP contribution in [0.2, 0.25) is 5.02 Å². The number of methoxy groups -OCH3 is 1. The van der Waals surface area contributed by atoms with Crippen molar-refractivity contribution in [3.63, 3.8) is 0 Å². The molecule has 27 heavy (non-hydrogen) atoms. The maximum atomic E-state index is 11.8. The molecule has 0 atom stereocenters. The summed E-state index contributed by atoms with van der Waals surface area (Å²) in [6.45, 7) is -0.486. The first kappa shape index (κ1) is 20.5. The predicted molar refractivity (Wildman–Crippen MR) is 101 cm³/mol. The molecular formula is C17H15ClN2O6S. The summed E-state index contributed by atoms with van der Waals surface area (Å²) in [5.74, 6) is -0.901. The van der Waals surface area contributed by atoms with Crippen LogP contribution in [-0.4, -0.2) is 36.3 Å². The van der Waals surface area contributed by atoms with Gasteiger partial charge in [0, 0.05) is 11.8 Å². The molecule has 0 aliphatic rings. The lowest BCUT2D eigenvalue weighted by atomic mass is 10.3. The molecule has 0 fully saturated rings. The Morgan fingerprint density at radius 3 is 2.67 bits per heavy atom. The fourth-order valence-electron chi connectivity index (χ4n) is 2.00. The van der Waals surface area contributed by atoms with Crippen LogP contribution in [0.5, 0.6) is 5.75 Å². The number of esters is 1. The molecule has 0 saturated heterocycles. The zero-order chi connectivity index (χ0) is 19.8. The molecule has 0 spiro atoms. The summed E-state index contributed by atoms with van der Waals surface area (Å²) in [4.78, 5) is 34.3. The van der Waals surface area contributed by atoms with Crippen LogP contribution in [-0.2, 0) is 14.3 Å². The molecular weight excluding hydrogens is 396 g/mol. The number of thioether (sulfide) groups is 1. The van der Waals surface area contributed by atoms with Gasteiger partial charge < -0.3 is 14.8 Å². The average molecular weight is 411 g/mol. The third-order valence-electron chi connectivity index (χ3n) is 3.21. The maximum Gasteiger partial charge on any atom is 0.316 e. The summed E-state index contributed by atoms with van der Waals surface area (Å²) in [6.07, 6.45) is 0. The number of nitro benzene ring substituents is 1. The molecule has 1 amide bonds. The van der Waals surface area contributed by atoms with E-state index in [1.165, 1.54) is 31.4 Å². The van der Waals surface area contributed by atoms with Crippen LogP contribution >= 0.6 is 23.4 Å². The summed E-state index contributed by atoms with van der Waals surface area (Å²) in [6, 6.07) is 10.7. The zero-order valence-corrected chi connectivity index (χ0v) is 15.7. The molecule has 2 aromatic rings. The lowest BCUT2D eigenvalue weighted by molar-refractivity contribution is -0.387. The number of nitrogens with one attached hydrogen (secondary N) is 1. The van der Waals surface area contributed by atoms with E-state index in [0.29, 0.717) is 21.4 Å². The van der Waals surface area contributed by atoms with Crippen molar-refractivity contribution in [2.45, 2.75) is 4.90 Å². The molecule has 0 bridgehead atoms. The van der Waals surface area contributed by atoms with Gasteiger partial charge in [0.15, 0.2) is 6.61 Å². The highest BCUT2D eigenvalue weighted by molar-refractivity contribution is 8.00. The number of amides is 1. The molecule has 0 saturated carbocycles. The van der Waals surface area contributed by atoms with E-state index in [2.05, 4.69) is 5.32 Å². The first-order valence-corrected chi connectivity index (χ1v) is 8.92. The van der Waals surface area contributed by atoms with Gasteiger partial charge in [-0.3, -0.25) is 19.7 Å². The monoisotopic (exact) mass is 410 g/mol. The average Bonchev–Trinajstić information content (AvgIpc) is 2.65. The number of halogens is 1. The van der Waals surface area contributed by atoms with Gasteiger partial charge in [0.05, 0.1) is 27.7 Å². The molecule has 1 N–H and O–H groups in total. The van der Waals surface area contributed by atoms with Crippen molar-refractivity contribution in [3.05, 3.63) is 57.6 Å². The molecule has 0 radical (unpaired) electrons.